The summed E-state index contributed by atoms with van der Waals surface area (Å²) in [5, 5.41) is 0. The van der Waals surface area contributed by atoms with E-state index < -0.39 is 43.1 Å². The summed E-state index contributed by atoms with van der Waals surface area (Å²) < 4.78 is 115. The summed E-state index contributed by atoms with van der Waals surface area (Å²) in [6.07, 6.45) is -17.1. The molecule has 1 nitrogen and oxygen atoms in total. The Kier molecular flexibility index (Phi) is 5.18. The second kappa shape index (κ2) is 5.37. The molecule has 2 atom stereocenters. The van der Waals surface area contributed by atoms with Crippen LogP contribution in [0, 0.1) is 0 Å². The minimum Gasteiger partial charge on any atom is -0.375 e. The van der Waals surface area contributed by atoms with Crippen molar-refractivity contribution in [1.82, 2.24) is 0 Å². The lowest BCUT2D eigenvalue weighted by Gasteiger charge is -2.34. The van der Waals surface area contributed by atoms with Crippen molar-refractivity contribution in [2.75, 3.05) is 6.61 Å². The number of hydrogen-bond acceptors (Lipinski definition) is 1. The van der Waals surface area contributed by atoms with Crippen LogP contribution in [0.2, 0.25) is 0 Å². The molecule has 0 saturated carbocycles. The molecule has 116 valence electrons. The predicted molar refractivity (Wildman–Crippen MR) is 46.6 cm³/mol. The molecular weight excluding hydrogens is 295 g/mol. The molecule has 0 N–H and O–H groups in total. The Morgan fingerprint density at radius 2 is 1.26 bits per heavy atom. The van der Waals surface area contributed by atoms with Gasteiger partial charge in [-0.15, -0.1) is 0 Å². The van der Waals surface area contributed by atoms with Gasteiger partial charge in [-0.2, -0.15) is 35.1 Å². The van der Waals surface area contributed by atoms with E-state index >= 15 is 0 Å². The Morgan fingerprint density at radius 1 is 0.842 bits per heavy atom. The molecule has 0 aliphatic rings. The first-order valence-electron chi connectivity index (χ1n) is 4.98. The summed E-state index contributed by atoms with van der Waals surface area (Å²) in [6.45, 7) is 0.263. The van der Waals surface area contributed by atoms with Gasteiger partial charge in [0.05, 0.1) is 6.42 Å². The maximum absolute atomic E-state index is 13.4. The largest absolute Gasteiger partial charge is 0.453 e. The van der Waals surface area contributed by atoms with Gasteiger partial charge in [0.2, 0.25) is 5.67 Å². The lowest BCUT2D eigenvalue weighted by molar-refractivity contribution is -0.311. The van der Waals surface area contributed by atoms with Crippen molar-refractivity contribution in [3.63, 3.8) is 0 Å². The highest BCUT2D eigenvalue weighted by atomic mass is 19.4. The fourth-order valence-corrected chi connectivity index (χ4v) is 1.14. The van der Waals surface area contributed by atoms with Crippen molar-refractivity contribution in [1.29, 1.82) is 0 Å². The minimum atomic E-state index is -6.08. The fraction of sp³-hybridized carbons (Fsp3) is 1.00. The predicted octanol–water partition coefficient (Wildman–Crippen LogP) is 4.27. The van der Waals surface area contributed by atoms with Crippen molar-refractivity contribution >= 4 is 0 Å². The van der Waals surface area contributed by atoms with E-state index in [0.717, 1.165) is 6.92 Å². The fourth-order valence-electron chi connectivity index (χ4n) is 1.14. The maximum Gasteiger partial charge on any atom is 0.453 e. The molecule has 0 aliphatic carbocycles. The molecule has 0 aromatic rings. The molecule has 0 saturated heterocycles. The average Bonchev–Trinajstić information content (AvgIpc) is 2.12. The van der Waals surface area contributed by atoms with Crippen molar-refractivity contribution in [2.45, 2.75) is 50.3 Å². The third-order valence-electron chi connectivity index (χ3n) is 2.38. The van der Waals surface area contributed by atoms with Gasteiger partial charge in [-0.3, -0.25) is 0 Å². The number of halogens is 9. The number of rotatable bonds is 5. The van der Waals surface area contributed by atoms with Gasteiger partial charge < -0.3 is 4.74 Å². The van der Waals surface area contributed by atoms with Crippen LogP contribution in [0.5, 0.6) is 0 Å². The van der Waals surface area contributed by atoms with Gasteiger partial charge >= 0.3 is 18.3 Å². The van der Waals surface area contributed by atoms with Crippen LogP contribution in [0.3, 0.4) is 0 Å². The van der Waals surface area contributed by atoms with Crippen LogP contribution in [0.4, 0.5) is 39.5 Å². The summed E-state index contributed by atoms with van der Waals surface area (Å²) in [7, 11) is 0. The summed E-state index contributed by atoms with van der Waals surface area (Å²) in [4.78, 5) is 0. The molecule has 0 rings (SSSR count). The smallest absolute Gasteiger partial charge is 0.375 e. The molecule has 0 bridgehead atoms. The van der Waals surface area contributed by atoms with E-state index in [-0.39, 0.29) is 6.92 Å². The summed E-state index contributed by atoms with van der Waals surface area (Å²) >= 11 is 0. The molecule has 0 fully saturated rings. The third-order valence-corrected chi connectivity index (χ3v) is 2.38. The number of ether oxygens (including phenoxy) is 1. The Labute approximate surface area is 102 Å². The molecule has 0 spiro atoms. The van der Waals surface area contributed by atoms with Crippen LogP contribution < -0.4 is 0 Å². The van der Waals surface area contributed by atoms with Gasteiger partial charge in [0, 0.05) is 6.61 Å². The molecule has 0 aromatic heterocycles. The zero-order chi connectivity index (χ0) is 15.7. The first kappa shape index (κ1) is 18.3. The van der Waals surface area contributed by atoms with Crippen molar-refractivity contribution in [2.24, 2.45) is 0 Å². The van der Waals surface area contributed by atoms with E-state index in [4.69, 9.17) is 0 Å². The van der Waals surface area contributed by atoms with E-state index in [9.17, 15) is 39.5 Å². The van der Waals surface area contributed by atoms with Gasteiger partial charge in [-0.25, -0.2) is 4.39 Å². The van der Waals surface area contributed by atoms with Crippen LogP contribution in [0.25, 0.3) is 0 Å². The van der Waals surface area contributed by atoms with E-state index in [1.807, 2.05) is 0 Å². The Balaban J connectivity index is 5.27. The number of hydrogen-bond donors (Lipinski definition) is 0. The Morgan fingerprint density at radius 3 is 1.53 bits per heavy atom. The molecule has 19 heavy (non-hydrogen) atoms. The van der Waals surface area contributed by atoms with Crippen molar-refractivity contribution in [3.8, 4) is 0 Å². The van der Waals surface area contributed by atoms with Crippen LogP contribution >= 0.6 is 0 Å². The normalized spacial score (nSPS) is 19.1. The van der Waals surface area contributed by atoms with Crippen LogP contribution in [-0.2, 0) is 4.74 Å². The summed E-state index contributed by atoms with van der Waals surface area (Å²) in [5.74, 6) is -5.48. The van der Waals surface area contributed by atoms with E-state index in [1.54, 1.807) is 0 Å². The van der Waals surface area contributed by atoms with Crippen molar-refractivity contribution < 1.29 is 44.3 Å². The highest BCUT2D eigenvalue weighted by Gasteiger charge is 2.65. The van der Waals surface area contributed by atoms with Gasteiger partial charge in [-0.05, 0) is 13.8 Å². The third kappa shape index (κ3) is 4.15. The van der Waals surface area contributed by atoms with Crippen molar-refractivity contribution in [3.05, 3.63) is 0 Å². The lowest BCUT2D eigenvalue weighted by atomic mass is 9.94. The van der Waals surface area contributed by atoms with Gasteiger partial charge in [0.15, 0.2) is 0 Å². The quantitative estimate of drug-likeness (QED) is 0.689. The molecule has 0 radical (unpaired) electrons. The van der Waals surface area contributed by atoms with Crippen LogP contribution in [0.15, 0.2) is 0 Å². The summed E-state index contributed by atoms with van der Waals surface area (Å²) in [6, 6.07) is 0. The molecule has 0 aliphatic heterocycles. The second-order valence-corrected chi connectivity index (χ2v) is 3.92. The van der Waals surface area contributed by atoms with E-state index in [0.29, 0.717) is 0 Å². The Hall–Kier alpha value is -0.670. The average molecular weight is 306 g/mol. The zero-order valence-electron chi connectivity index (χ0n) is 9.80. The van der Waals surface area contributed by atoms with Gasteiger partial charge in [-0.1, -0.05) is 0 Å². The first-order valence-corrected chi connectivity index (χ1v) is 4.98. The van der Waals surface area contributed by atoms with Gasteiger partial charge in [0.25, 0.3) is 0 Å². The highest BCUT2D eigenvalue weighted by Crippen LogP contribution is 2.45. The summed E-state index contributed by atoms with van der Waals surface area (Å²) in [5.41, 5.74) is -4.32. The Bertz CT molecular complexity index is 291. The van der Waals surface area contributed by atoms with Crippen LogP contribution in [0.1, 0.15) is 20.3 Å². The topological polar surface area (TPSA) is 9.23 Å². The van der Waals surface area contributed by atoms with E-state index in [1.165, 1.54) is 0 Å². The molecule has 0 heterocycles. The maximum atomic E-state index is 13.4. The molecule has 0 amide bonds. The monoisotopic (exact) mass is 306 g/mol. The highest BCUT2D eigenvalue weighted by molar-refractivity contribution is 4.95. The standard InChI is InChI=1S/C9H11F9O/c1-3-19-5(6(2,10)8(13,14)15)4-7(11,12)9(16,17)18/h5H,3-4H2,1-2H3. The van der Waals surface area contributed by atoms with Gasteiger partial charge in [0.1, 0.15) is 6.10 Å². The first-order chi connectivity index (χ1) is 8.17. The van der Waals surface area contributed by atoms with E-state index in [2.05, 4.69) is 4.74 Å². The lowest BCUT2D eigenvalue weighted by Crippen LogP contribution is -2.53. The SMILES string of the molecule is CCOC(CC(F)(F)C(F)(F)F)C(C)(F)C(F)(F)F. The molecule has 10 heteroatoms. The number of alkyl halides is 9. The zero-order valence-corrected chi connectivity index (χ0v) is 9.80. The molecule has 0 aromatic carbocycles. The molecule has 2 unspecified atom stereocenters. The minimum absolute atomic E-state index is 0.139. The molecular formula is C9H11F9O. The second-order valence-electron chi connectivity index (χ2n) is 3.92. The van der Waals surface area contributed by atoms with Crippen LogP contribution in [-0.4, -0.2) is 36.7 Å².